The minimum atomic E-state index is 0.107. The summed E-state index contributed by atoms with van der Waals surface area (Å²) in [5.74, 6) is 1.32. The molecule has 0 unspecified atom stereocenters. The molecule has 3 saturated heterocycles. The van der Waals surface area contributed by atoms with Crippen LogP contribution < -0.4 is 0 Å². The molecule has 4 heterocycles. The minimum Gasteiger partial charge on any atom is -0.360 e. The minimum absolute atomic E-state index is 0.107. The molecule has 5 rings (SSSR count). The van der Waals surface area contributed by atoms with E-state index in [1.54, 1.807) is 0 Å². The number of piperidine rings is 1. The molecule has 2 aromatic rings. The fraction of sp³-hybridized carbons (Fsp3) is 0.500. The number of carbonyl (C=O) groups excluding carboxylic acids is 1. The Morgan fingerprint density at radius 2 is 2.00 bits per heavy atom. The largest absolute Gasteiger partial charge is 0.360 e. The maximum absolute atomic E-state index is 12.9. The second-order valence-corrected chi connectivity index (χ2v) is 7.21. The Morgan fingerprint density at radius 3 is 2.76 bits per heavy atom. The first-order valence-corrected chi connectivity index (χ1v) is 9.24. The van der Waals surface area contributed by atoms with Gasteiger partial charge in [-0.2, -0.15) is 0 Å². The lowest BCUT2D eigenvalue weighted by Gasteiger charge is -2.36. The third kappa shape index (κ3) is 3.47. The third-order valence-electron chi connectivity index (χ3n) is 5.41. The Morgan fingerprint density at radius 1 is 1.16 bits per heavy atom. The van der Waals surface area contributed by atoms with Crippen LogP contribution in [0.1, 0.15) is 36.8 Å². The van der Waals surface area contributed by atoms with Crippen molar-refractivity contribution in [2.75, 3.05) is 13.1 Å². The van der Waals surface area contributed by atoms with E-state index < -0.39 is 0 Å². The van der Waals surface area contributed by atoms with Crippen LogP contribution in [0.4, 0.5) is 0 Å². The SMILES string of the molecule is CCc1cc(CN2C[C@H]3CC[C@@H](C2)N(Cc2ccccc2)C3=O)on1. The maximum Gasteiger partial charge on any atom is 0.227 e. The van der Waals surface area contributed by atoms with Gasteiger partial charge in [0.05, 0.1) is 18.2 Å². The van der Waals surface area contributed by atoms with Crippen LogP contribution in [-0.4, -0.2) is 40.0 Å². The molecule has 0 N–H and O–H groups in total. The normalized spacial score (nSPS) is 23.9. The second-order valence-electron chi connectivity index (χ2n) is 7.21. The van der Waals surface area contributed by atoms with Gasteiger partial charge >= 0.3 is 0 Å². The molecule has 5 heteroatoms. The van der Waals surface area contributed by atoms with Gasteiger partial charge < -0.3 is 9.42 Å². The van der Waals surface area contributed by atoms with E-state index in [4.69, 9.17) is 4.52 Å². The molecule has 1 aromatic carbocycles. The zero-order valence-electron chi connectivity index (χ0n) is 14.7. The Bertz CT molecular complexity index is 728. The van der Waals surface area contributed by atoms with Crippen molar-refractivity contribution in [3.63, 3.8) is 0 Å². The van der Waals surface area contributed by atoms with Gasteiger partial charge in [0, 0.05) is 31.7 Å². The van der Waals surface area contributed by atoms with Gasteiger partial charge in [0.25, 0.3) is 0 Å². The number of aromatic nitrogens is 1. The summed E-state index contributed by atoms with van der Waals surface area (Å²) in [5.41, 5.74) is 2.20. The number of carbonyl (C=O) groups is 1. The van der Waals surface area contributed by atoms with Crippen LogP contribution in [0.25, 0.3) is 0 Å². The van der Waals surface area contributed by atoms with E-state index in [-0.39, 0.29) is 5.92 Å². The highest BCUT2D eigenvalue weighted by atomic mass is 16.5. The van der Waals surface area contributed by atoms with Crippen molar-refractivity contribution in [2.45, 2.75) is 45.3 Å². The highest BCUT2D eigenvalue weighted by molar-refractivity contribution is 5.80. The van der Waals surface area contributed by atoms with E-state index >= 15 is 0 Å². The zero-order valence-corrected chi connectivity index (χ0v) is 14.7. The molecule has 0 radical (unpaired) electrons. The lowest BCUT2D eigenvalue weighted by molar-refractivity contribution is -0.140. The molecular weight excluding hydrogens is 314 g/mol. The van der Waals surface area contributed by atoms with Crippen molar-refractivity contribution < 1.29 is 9.32 Å². The fourth-order valence-electron chi connectivity index (χ4n) is 4.06. The van der Waals surface area contributed by atoms with Crippen molar-refractivity contribution >= 4 is 5.91 Å². The average Bonchev–Trinajstić information content (AvgIpc) is 2.93. The first-order valence-electron chi connectivity index (χ1n) is 9.24. The first-order chi connectivity index (χ1) is 12.2. The third-order valence-corrected chi connectivity index (χ3v) is 5.41. The van der Waals surface area contributed by atoms with E-state index in [9.17, 15) is 4.79 Å². The number of hydrogen-bond donors (Lipinski definition) is 0. The number of benzene rings is 1. The smallest absolute Gasteiger partial charge is 0.227 e. The van der Waals surface area contributed by atoms with Crippen molar-refractivity contribution in [3.8, 4) is 0 Å². The van der Waals surface area contributed by atoms with Gasteiger partial charge in [0.1, 0.15) is 0 Å². The molecular formula is C20H25N3O2. The Hall–Kier alpha value is -2.14. The number of hydrogen-bond acceptors (Lipinski definition) is 4. The molecule has 3 aliphatic heterocycles. The van der Waals surface area contributed by atoms with Gasteiger partial charge in [0.2, 0.25) is 5.91 Å². The van der Waals surface area contributed by atoms with Crippen molar-refractivity contribution in [1.82, 2.24) is 15.0 Å². The summed E-state index contributed by atoms with van der Waals surface area (Å²) < 4.78 is 5.45. The number of amides is 1. The van der Waals surface area contributed by atoms with Crippen LogP contribution >= 0.6 is 0 Å². The van der Waals surface area contributed by atoms with Crippen molar-refractivity contribution in [2.24, 2.45) is 5.92 Å². The van der Waals surface area contributed by atoms with Gasteiger partial charge in [-0.25, -0.2) is 0 Å². The van der Waals surface area contributed by atoms with Gasteiger partial charge in [0.15, 0.2) is 5.76 Å². The molecule has 5 nitrogen and oxygen atoms in total. The van der Waals surface area contributed by atoms with E-state index in [0.29, 0.717) is 11.9 Å². The topological polar surface area (TPSA) is 49.6 Å². The summed E-state index contributed by atoms with van der Waals surface area (Å²) >= 11 is 0. The number of aryl methyl sites for hydroxylation is 1. The standard InChI is InChI=1S/C20H25N3O2/c1-2-17-10-19(25-21-17)14-22-12-16-8-9-18(13-22)23(20(16)24)11-15-6-4-3-5-7-15/h3-7,10,16,18H,2,8-9,11-14H2,1H3/t16-,18+/m1/s1. The average molecular weight is 339 g/mol. The molecule has 2 atom stereocenters. The summed E-state index contributed by atoms with van der Waals surface area (Å²) in [4.78, 5) is 17.4. The number of rotatable bonds is 5. The van der Waals surface area contributed by atoms with Gasteiger partial charge in [-0.3, -0.25) is 9.69 Å². The predicted molar refractivity (Wildman–Crippen MR) is 94.7 cm³/mol. The predicted octanol–water partition coefficient (Wildman–Crippen LogP) is 2.86. The van der Waals surface area contributed by atoms with Crippen LogP contribution in [0.2, 0.25) is 0 Å². The highest BCUT2D eigenvalue weighted by Crippen LogP contribution is 2.31. The molecule has 3 fully saturated rings. The summed E-state index contributed by atoms with van der Waals surface area (Å²) in [6.45, 7) is 5.28. The summed E-state index contributed by atoms with van der Waals surface area (Å²) in [7, 11) is 0. The van der Waals surface area contributed by atoms with Crippen LogP contribution in [-0.2, 0) is 24.3 Å². The molecule has 132 valence electrons. The summed E-state index contributed by atoms with van der Waals surface area (Å²) in [6.07, 6.45) is 2.98. The molecule has 25 heavy (non-hydrogen) atoms. The maximum atomic E-state index is 12.9. The second kappa shape index (κ2) is 7.00. The van der Waals surface area contributed by atoms with Crippen LogP contribution in [0, 0.1) is 5.92 Å². The highest BCUT2D eigenvalue weighted by Gasteiger charge is 2.40. The molecule has 0 aliphatic carbocycles. The van der Waals surface area contributed by atoms with Crippen LogP contribution in [0.3, 0.4) is 0 Å². The summed E-state index contributed by atoms with van der Waals surface area (Å²) in [5, 5.41) is 4.08. The molecule has 0 spiro atoms. The van der Waals surface area contributed by atoms with E-state index in [1.807, 2.05) is 24.3 Å². The quantitative estimate of drug-likeness (QED) is 0.840. The number of fused-ring (bicyclic) bond motifs is 4. The molecule has 3 aliphatic rings. The first kappa shape index (κ1) is 16.3. The van der Waals surface area contributed by atoms with Crippen molar-refractivity contribution in [1.29, 1.82) is 0 Å². The van der Waals surface area contributed by atoms with E-state index in [1.165, 1.54) is 5.56 Å². The van der Waals surface area contributed by atoms with Gasteiger partial charge in [-0.15, -0.1) is 0 Å². The van der Waals surface area contributed by atoms with Crippen LogP contribution in [0.5, 0.6) is 0 Å². The van der Waals surface area contributed by atoms with Crippen molar-refractivity contribution in [3.05, 3.63) is 53.4 Å². The Kier molecular flexibility index (Phi) is 4.57. The van der Waals surface area contributed by atoms with Crippen LogP contribution in [0.15, 0.2) is 40.9 Å². The Labute approximate surface area is 148 Å². The zero-order chi connectivity index (χ0) is 17.2. The lowest BCUT2D eigenvalue weighted by atomic mass is 9.93. The van der Waals surface area contributed by atoms with E-state index in [2.05, 4.69) is 34.0 Å². The Balaban J connectivity index is 1.48. The fourth-order valence-corrected chi connectivity index (χ4v) is 4.06. The molecule has 1 aromatic heterocycles. The molecule has 1 amide bonds. The molecule has 0 saturated carbocycles. The van der Waals surface area contributed by atoms with Gasteiger partial charge in [-0.1, -0.05) is 42.4 Å². The summed E-state index contributed by atoms with van der Waals surface area (Å²) in [6, 6.07) is 12.6. The monoisotopic (exact) mass is 339 g/mol. The number of nitrogens with zero attached hydrogens (tertiary/aromatic N) is 3. The van der Waals surface area contributed by atoms with Gasteiger partial charge in [-0.05, 0) is 24.8 Å². The lowest BCUT2D eigenvalue weighted by Crippen LogP contribution is -2.47. The van der Waals surface area contributed by atoms with E-state index in [0.717, 1.165) is 56.9 Å². The molecule has 2 bridgehead atoms.